The molecule has 2 aromatic rings. The van der Waals surface area contributed by atoms with Crippen LogP contribution in [0.3, 0.4) is 0 Å². The van der Waals surface area contributed by atoms with Crippen molar-refractivity contribution in [3.05, 3.63) is 41.9 Å². The van der Waals surface area contributed by atoms with Gasteiger partial charge in [0.25, 0.3) is 0 Å². The molecule has 1 saturated heterocycles. The molecule has 1 unspecified atom stereocenters. The summed E-state index contributed by atoms with van der Waals surface area (Å²) in [4.78, 5) is 11.0. The highest BCUT2D eigenvalue weighted by Crippen LogP contribution is 2.22. The summed E-state index contributed by atoms with van der Waals surface area (Å²) in [6.45, 7) is 3.69. The van der Waals surface area contributed by atoms with E-state index in [4.69, 9.17) is 14.2 Å². The lowest BCUT2D eigenvalue weighted by Gasteiger charge is -2.34. The predicted molar refractivity (Wildman–Crippen MR) is 105 cm³/mol. The Labute approximate surface area is 165 Å². The third-order valence-electron chi connectivity index (χ3n) is 4.49. The number of nitrogens with zero attached hydrogens (tertiary/aromatic N) is 5. The average molecular weight is 388 g/mol. The highest BCUT2D eigenvalue weighted by molar-refractivity contribution is 5.80. The van der Waals surface area contributed by atoms with Crippen molar-refractivity contribution in [1.82, 2.24) is 25.0 Å². The van der Waals surface area contributed by atoms with Gasteiger partial charge in [0.2, 0.25) is 5.88 Å². The minimum Gasteiger partial charge on any atom is -0.475 e. The van der Waals surface area contributed by atoms with E-state index in [2.05, 4.69) is 25.3 Å². The summed E-state index contributed by atoms with van der Waals surface area (Å²) in [6, 6.07) is 3.89. The third kappa shape index (κ3) is 5.20. The monoisotopic (exact) mass is 388 g/mol. The minimum atomic E-state index is -0.0210. The Kier molecular flexibility index (Phi) is 7.21. The molecule has 9 heteroatoms. The van der Waals surface area contributed by atoms with Crippen LogP contribution in [0.5, 0.6) is 5.88 Å². The van der Waals surface area contributed by atoms with Crippen LogP contribution in [0, 0.1) is 0 Å². The van der Waals surface area contributed by atoms with Gasteiger partial charge < -0.3 is 24.4 Å². The quantitative estimate of drug-likeness (QED) is 0.430. The van der Waals surface area contributed by atoms with Gasteiger partial charge in [0.05, 0.1) is 26.0 Å². The van der Waals surface area contributed by atoms with Crippen molar-refractivity contribution in [3.63, 3.8) is 0 Å². The van der Waals surface area contributed by atoms with Gasteiger partial charge in [-0.2, -0.15) is 5.10 Å². The maximum Gasteiger partial charge on any atom is 0.218 e. The second-order valence-electron chi connectivity index (χ2n) is 6.46. The molecule has 1 fully saturated rings. The van der Waals surface area contributed by atoms with Gasteiger partial charge >= 0.3 is 0 Å². The SMILES string of the molecule is CN=C(NCc1cccnc1OCCOC)N1CCOC(c2cnn(C)c2)C1. The minimum absolute atomic E-state index is 0.0210. The Morgan fingerprint density at radius 3 is 3.07 bits per heavy atom. The number of methoxy groups -OCH3 is 1. The number of hydrogen-bond acceptors (Lipinski definition) is 6. The number of hydrogen-bond donors (Lipinski definition) is 1. The Hall–Kier alpha value is -2.65. The maximum absolute atomic E-state index is 5.92. The zero-order valence-electron chi connectivity index (χ0n) is 16.7. The fraction of sp³-hybridized carbons (Fsp3) is 0.526. The Balaban J connectivity index is 1.60. The molecular formula is C19H28N6O3. The van der Waals surface area contributed by atoms with Gasteiger partial charge in [-0.05, 0) is 6.07 Å². The van der Waals surface area contributed by atoms with E-state index < -0.39 is 0 Å². The van der Waals surface area contributed by atoms with E-state index in [1.54, 1.807) is 25.0 Å². The van der Waals surface area contributed by atoms with Gasteiger partial charge in [-0.15, -0.1) is 0 Å². The van der Waals surface area contributed by atoms with Crippen LogP contribution in [0.25, 0.3) is 0 Å². The van der Waals surface area contributed by atoms with Crippen molar-refractivity contribution in [1.29, 1.82) is 0 Å². The number of aromatic nitrogens is 3. The molecule has 0 aliphatic carbocycles. The Bertz CT molecular complexity index is 779. The number of morpholine rings is 1. The summed E-state index contributed by atoms with van der Waals surface area (Å²) >= 11 is 0. The van der Waals surface area contributed by atoms with Crippen LogP contribution in [-0.4, -0.2) is 72.7 Å². The lowest BCUT2D eigenvalue weighted by molar-refractivity contribution is -0.00805. The highest BCUT2D eigenvalue weighted by Gasteiger charge is 2.25. The van der Waals surface area contributed by atoms with Gasteiger partial charge in [-0.25, -0.2) is 4.98 Å². The number of ether oxygens (including phenoxy) is 3. The molecule has 152 valence electrons. The summed E-state index contributed by atoms with van der Waals surface area (Å²) in [5, 5.41) is 7.65. The molecule has 0 bridgehead atoms. The zero-order valence-corrected chi connectivity index (χ0v) is 16.7. The molecule has 1 aliphatic rings. The van der Waals surface area contributed by atoms with E-state index in [1.165, 1.54) is 0 Å². The molecule has 1 aliphatic heterocycles. The average Bonchev–Trinajstić information content (AvgIpc) is 3.16. The molecule has 9 nitrogen and oxygen atoms in total. The number of aryl methyl sites for hydroxylation is 1. The summed E-state index contributed by atoms with van der Waals surface area (Å²) in [5.41, 5.74) is 2.04. The molecule has 0 spiro atoms. The van der Waals surface area contributed by atoms with E-state index in [0.717, 1.165) is 30.2 Å². The van der Waals surface area contributed by atoms with Gasteiger partial charge in [-0.1, -0.05) is 6.07 Å². The number of nitrogens with one attached hydrogen (secondary N) is 1. The van der Waals surface area contributed by atoms with Gasteiger partial charge in [0, 0.05) is 57.8 Å². The lowest BCUT2D eigenvalue weighted by Crippen LogP contribution is -2.47. The molecular weight excluding hydrogens is 360 g/mol. The van der Waals surface area contributed by atoms with Crippen LogP contribution < -0.4 is 10.1 Å². The normalized spacial score (nSPS) is 17.6. The molecule has 1 N–H and O–H groups in total. The fourth-order valence-electron chi connectivity index (χ4n) is 3.07. The first-order valence-corrected chi connectivity index (χ1v) is 9.32. The van der Waals surface area contributed by atoms with Crippen LogP contribution in [0.2, 0.25) is 0 Å². The summed E-state index contributed by atoms with van der Waals surface area (Å²) in [5.74, 6) is 1.43. The van der Waals surface area contributed by atoms with Crippen LogP contribution in [0.1, 0.15) is 17.2 Å². The molecule has 1 atom stereocenters. The molecule has 2 aromatic heterocycles. The molecule has 28 heavy (non-hydrogen) atoms. The van der Waals surface area contributed by atoms with Crippen molar-refractivity contribution in [2.75, 3.05) is 47.1 Å². The highest BCUT2D eigenvalue weighted by atomic mass is 16.5. The first-order chi connectivity index (χ1) is 13.7. The van der Waals surface area contributed by atoms with Gasteiger partial charge in [0.15, 0.2) is 5.96 Å². The van der Waals surface area contributed by atoms with Crippen molar-refractivity contribution in [3.8, 4) is 5.88 Å². The predicted octanol–water partition coefficient (Wildman–Crippen LogP) is 0.989. The smallest absolute Gasteiger partial charge is 0.218 e. The Morgan fingerprint density at radius 2 is 2.32 bits per heavy atom. The topological polar surface area (TPSA) is 86.0 Å². The number of aliphatic imine (C=N–C) groups is 1. The van der Waals surface area contributed by atoms with Crippen molar-refractivity contribution < 1.29 is 14.2 Å². The van der Waals surface area contributed by atoms with E-state index in [1.807, 2.05) is 31.6 Å². The maximum atomic E-state index is 5.92. The molecule has 0 amide bonds. The van der Waals surface area contributed by atoms with Gasteiger partial charge in [-0.3, -0.25) is 9.67 Å². The second-order valence-corrected chi connectivity index (χ2v) is 6.46. The third-order valence-corrected chi connectivity index (χ3v) is 4.49. The Morgan fingerprint density at radius 1 is 1.43 bits per heavy atom. The van der Waals surface area contributed by atoms with Crippen LogP contribution in [0.4, 0.5) is 0 Å². The van der Waals surface area contributed by atoms with Crippen LogP contribution in [-0.2, 0) is 23.1 Å². The molecule has 0 aromatic carbocycles. The van der Waals surface area contributed by atoms with Crippen molar-refractivity contribution in [2.24, 2.45) is 12.0 Å². The van der Waals surface area contributed by atoms with Crippen LogP contribution in [0.15, 0.2) is 35.7 Å². The van der Waals surface area contributed by atoms with Crippen molar-refractivity contribution >= 4 is 5.96 Å². The van der Waals surface area contributed by atoms with E-state index >= 15 is 0 Å². The first-order valence-electron chi connectivity index (χ1n) is 9.32. The first kappa shape index (κ1) is 20.1. The summed E-state index contributed by atoms with van der Waals surface area (Å²) in [7, 11) is 5.34. The molecule has 3 heterocycles. The lowest BCUT2D eigenvalue weighted by atomic mass is 10.1. The van der Waals surface area contributed by atoms with Crippen LogP contribution >= 0.6 is 0 Å². The zero-order chi connectivity index (χ0) is 19.8. The second kappa shape index (κ2) is 10.0. The molecule has 0 radical (unpaired) electrons. The standard InChI is InChI=1S/C19H28N6O3/c1-20-19(22-11-15-5-4-6-21-18(15)28-10-9-26-3)25-7-8-27-17(14-25)16-12-23-24(2)13-16/h4-6,12-13,17H,7-11,14H2,1-3H3,(H,20,22). The van der Waals surface area contributed by atoms with E-state index in [0.29, 0.717) is 32.2 Å². The van der Waals surface area contributed by atoms with Crippen molar-refractivity contribution in [2.45, 2.75) is 12.6 Å². The van der Waals surface area contributed by atoms with E-state index in [-0.39, 0.29) is 6.10 Å². The molecule has 0 saturated carbocycles. The molecule has 3 rings (SSSR count). The fourth-order valence-corrected chi connectivity index (χ4v) is 3.07. The number of rotatable bonds is 7. The summed E-state index contributed by atoms with van der Waals surface area (Å²) in [6.07, 6.45) is 5.54. The number of guanidine groups is 1. The summed E-state index contributed by atoms with van der Waals surface area (Å²) < 4.78 is 18.5. The number of pyridine rings is 1. The largest absolute Gasteiger partial charge is 0.475 e. The van der Waals surface area contributed by atoms with E-state index in [9.17, 15) is 0 Å². The van der Waals surface area contributed by atoms with Gasteiger partial charge in [0.1, 0.15) is 12.7 Å².